The molecule has 1 N–H and O–H groups in total. The van der Waals surface area contributed by atoms with Gasteiger partial charge in [0.25, 0.3) is 0 Å². The van der Waals surface area contributed by atoms with E-state index >= 15 is 0 Å². The monoisotopic (exact) mass is 504 g/mol. The lowest BCUT2D eigenvalue weighted by molar-refractivity contribution is 0.306. The predicted molar refractivity (Wildman–Crippen MR) is 144 cm³/mol. The number of aromatic nitrogens is 1. The smallest absolute Gasteiger partial charge is 0.124 e. The first-order chi connectivity index (χ1) is 16.5. The minimum absolute atomic E-state index is 0.431. The number of benzene rings is 4. The zero-order valence-corrected chi connectivity index (χ0v) is 20.8. The van der Waals surface area contributed by atoms with Gasteiger partial charge in [0.2, 0.25) is 0 Å². The quantitative estimate of drug-likeness (QED) is 0.240. The highest BCUT2D eigenvalue weighted by Gasteiger charge is 2.07. The van der Waals surface area contributed by atoms with Crippen LogP contribution in [0.2, 0.25) is 10.0 Å². The van der Waals surface area contributed by atoms with Crippen molar-refractivity contribution in [1.82, 2.24) is 4.98 Å². The van der Waals surface area contributed by atoms with Crippen LogP contribution in [0, 0.1) is 6.92 Å². The summed E-state index contributed by atoms with van der Waals surface area (Å²) in [5.74, 6) is 0.812. The largest absolute Gasteiger partial charge is 0.489 e. The van der Waals surface area contributed by atoms with Crippen LogP contribution in [0.15, 0.2) is 84.9 Å². The molecule has 0 saturated heterocycles. The Hall–Kier alpha value is -3.05. The van der Waals surface area contributed by atoms with Gasteiger partial charge in [0.1, 0.15) is 17.4 Å². The normalized spacial score (nSPS) is 11.0. The number of halogens is 2. The lowest BCUT2D eigenvalue weighted by atomic mass is 10.2. The molecule has 0 spiro atoms. The number of hydrogen-bond donors (Lipinski definition) is 1. The first kappa shape index (κ1) is 22.7. The summed E-state index contributed by atoms with van der Waals surface area (Å²) < 4.78 is 7.16. The van der Waals surface area contributed by atoms with Crippen molar-refractivity contribution in [3.63, 3.8) is 0 Å². The second-order valence-electron chi connectivity index (χ2n) is 8.11. The maximum absolute atomic E-state index is 6.09. The van der Waals surface area contributed by atoms with Crippen LogP contribution in [-0.2, 0) is 13.2 Å². The average molecular weight is 505 g/mol. The van der Waals surface area contributed by atoms with E-state index in [0.29, 0.717) is 23.2 Å². The van der Waals surface area contributed by atoms with Crippen LogP contribution >= 0.6 is 34.5 Å². The standard InChI is InChI=1S/C28H22Cl2N2OS/c1-18-5-12-26-27(13-18)34-28(32-26)21-7-9-22(10-8-21)31-16-19-3-2-4-23(14-19)33-17-20-6-11-24(29)25(30)15-20/h2-15,31H,16-17H2,1H3. The molecule has 0 fully saturated rings. The number of anilines is 1. The van der Waals surface area contributed by atoms with E-state index in [9.17, 15) is 0 Å². The lowest BCUT2D eigenvalue weighted by Gasteiger charge is -2.10. The highest BCUT2D eigenvalue weighted by atomic mass is 35.5. The molecule has 170 valence electrons. The molecule has 6 heteroatoms. The zero-order chi connectivity index (χ0) is 23.5. The Labute approximate surface area is 213 Å². The van der Waals surface area contributed by atoms with Crippen molar-refractivity contribution in [2.45, 2.75) is 20.1 Å². The summed E-state index contributed by atoms with van der Waals surface area (Å²) in [6.45, 7) is 3.24. The van der Waals surface area contributed by atoms with Gasteiger partial charge in [-0.15, -0.1) is 11.3 Å². The van der Waals surface area contributed by atoms with Crippen LogP contribution < -0.4 is 10.1 Å². The van der Waals surface area contributed by atoms with E-state index in [-0.39, 0.29) is 0 Å². The van der Waals surface area contributed by atoms with Gasteiger partial charge in [0, 0.05) is 17.8 Å². The Balaban J connectivity index is 1.20. The summed E-state index contributed by atoms with van der Waals surface area (Å²) >= 11 is 13.8. The van der Waals surface area contributed by atoms with Crippen molar-refractivity contribution in [3.8, 4) is 16.3 Å². The summed E-state index contributed by atoms with van der Waals surface area (Å²) in [4.78, 5) is 4.78. The Kier molecular flexibility index (Phi) is 6.73. The van der Waals surface area contributed by atoms with Gasteiger partial charge in [-0.1, -0.05) is 47.5 Å². The fraction of sp³-hybridized carbons (Fsp3) is 0.107. The maximum atomic E-state index is 6.09. The molecule has 0 bridgehead atoms. The van der Waals surface area contributed by atoms with Gasteiger partial charge in [-0.25, -0.2) is 4.98 Å². The summed E-state index contributed by atoms with van der Waals surface area (Å²) in [6, 6.07) is 28.4. The molecule has 5 rings (SSSR count). The lowest BCUT2D eigenvalue weighted by Crippen LogP contribution is -2.00. The highest BCUT2D eigenvalue weighted by molar-refractivity contribution is 7.21. The fourth-order valence-electron chi connectivity index (χ4n) is 3.63. The number of nitrogens with one attached hydrogen (secondary N) is 1. The van der Waals surface area contributed by atoms with Gasteiger partial charge in [-0.2, -0.15) is 0 Å². The van der Waals surface area contributed by atoms with Gasteiger partial charge in [0.05, 0.1) is 20.3 Å². The number of nitrogens with zero attached hydrogens (tertiary/aromatic N) is 1. The Bertz CT molecular complexity index is 1450. The molecule has 0 aliphatic rings. The van der Waals surface area contributed by atoms with Crippen LogP contribution in [0.5, 0.6) is 5.75 Å². The second-order valence-corrected chi connectivity index (χ2v) is 9.95. The molecule has 0 radical (unpaired) electrons. The molecule has 5 aromatic rings. The number of aryl methyl sites for hydroxylation is 1. The van der Waals surface area contributed by atoms with E-state index in [1.807, 2.05) is 30.3 Å². The van der Waals surface area contributed by atoms with Crippen LogP contribution in [0.25, 0.3) is 20.8 Å². The predicted octanol–water partition coefficient (Wildman–Crippen LogP) is 8.77. The summed E-state index contributed by atoms with van der Waals surface area (Å²) in [6.07, 6.45) is 0. The Morgan fingerprint density at radius 1 is 0.853 bits per heavy atom. The Morgan fingerprint density at radius 2 is 1.71 bits per heavy atom. The summed E-state index contributed by atoms with van der Waals surface area (Å²) in [5.41, 5.74) is 6.60. The number of hydrogen-bond acceptors (Lipinski definition) is 4. The van der Waals surface area contributed by atoms with E-state index in [1.165, 1.54) is 10.3 Å². The Morgan fingerprint density at radius 3 is 2.53 bits per heavy atom. The van der Waals surface area contributed by atoms with Crippen molar-refractivity contribution < 1.29 is 4.74 Å². The molecule has 1 heterocycles. The van der Waals surface area contributed by atoms with Crippen molar-refractivity contribution >= 4 is 50.4 Å². The van der Waals surface area contributed by atoms with Crippen molar-refractivity contribution in [3.05, 3.63) is 112 Å². The van der Waals surface area contributed by atoms with Crippen molar-refractivity contribution in [2.75, 3.05) is 5.32 Å². The zero-order valence-electron chi connectivity index (χ0n) is 18.5. The van der Waals surface area contributed by atoms with E-state index in [1.54, 1.807) is 17.4 Å². The summed E-state index contributed by atoms with van der Waals surface area (Å²) in [5, 5.41) is 5.60. The van der Waals surface area contributed by atoms with Gasteiger partial charge in [0.15, 0.2) is 0 Å². The molecule has 0 amide bonds. The van der Waals surface area contributed by atoms with Crippen LogP contribution in [0.1, 0.15) is 16.7 Å². The van der Waals surface area contributed by atoms with Crippen LogP contribution in [0.3, 0.4) is 0 Å². The van der Waals surface area contributed by atoms with Crippen molar-refractivity contribution in [2.24, 2.45) is 0 Å². The van der Waals surface area contributed by atoms with E-state index < -0.39 is 0 Å². The van der Waals surface area contributed by atoms with E-state index in [2.05, 4.69) is 60.8 Å². The average Bonchev–Trinajstić information content (AvgIpc) is 3.27. The van der Waals surface area contributed by atoms with Crippen molar-refractivity contribution in [1.29, 1.82) is 0 Å². The summed E-state index contributed by atoms with van der Waals surface area (Å²) in [7, 11) is 0. The molecule has 34 heavy (non-hydrogen) atoms. The first-order valence-corrected chi connectivity index (χ1v) is 12.5. The molecule has 4 aromatic carbocycles. The van der Waals surface area contributed by atoms with Gasteiger partial charge >= 0.3 is 0 Å². The van der Waals surface area contributed by atoms with Gasteiger partial charge in [-0.3, -0.25) is 0 Å². The number of ether oxygens (including phenoxy) is 1. The molecule has 3 nitrogen and oxygen atoms in total. The maximum Gasteiger partial charge on any atom is 0.124 e. The first-order valence-electron chi connectivity index (χ1n) is 10.9. The highest BCUT2D eigenvalue weighted by Crippen LogP contribution is 2.31. The van der Waals surface area contributed by atoms with Gasteiger partial charge in [-0.05, 0) is 84.3 Å². The minimum atomic E-state index is 0.431. The molecule has 0 saturated carbocycles. The fourth-order valence-corrected chi connectivity index (χ4v) is 5.02. The van der Waals surface area contributed by atoms with Crippen LogP contribution in [0.4, 0.5) is 5.69 Å². The third kappa shape index (κ3) is 5.36. The minimum Gasteiger partial charge on any atom is -0.489 e. The molecule has 0 aliphatic carbocycles. The number of rotatable bonds is 7. The van der Waals surface area contributed by atoms with E-state index in [0.717, 1.165) is 38.7 Å². The molecule has 0 aliphatic heterocycles. The molecule has 1 aromatic heterocycles. The van der Waals surface area contributed by atoms with Crippen LogP contribution in [-0.4, -0.2) is 4.98 Å². The van der Waals surface area contributed by atoms with Gasteiger partial charge < -0.3 is 10.1 Å². The molecular weight excluding hydrogens is 483 g/mol. The second kappa shape index (κ2) is 10.1. The number of thiazole rings is 1. The molecule has 0 unspecified atom stereocenters. The number of fused-ring (bicyclic) bond motifs is 1. The third-order valence-corrected chi connectivity index (χ3v) is 7.27. The third-order valence-electron chi connectivity index (χ3n) is 5.46. The SMILES string of the molecule is Cc1ccc2nc(-c3ccc(NCc4cccc(OCc5ccc(Cl)c(Cl)c5)c4)cc3)sc2c1. The van der Waals surface area contributed by atoms with E-state index in [4.69, 9.17) is 32.9 Å². The topological polar surface area (TPSA) is 34.2 Å². The molecular formula is C28H22Cl2N2OS. The molecule has 0 atom stereocenters.